The van der Waals surface area contributed by atoms with Gasteiger partial charge in [-0.1, -0.05) is 0 Å². The molecule has 29 heavy (non-hydrogen) atoms. The Labute approximate surface area is 173 Å². The van der Waals surface area contributed by atoms with Crippen molar-refractivity contribution in [1.82, 2.24) is 20.2 Å². The summed E-state index contributed by atoms with van der Waals surface area (Å²) in [6, 6.07) is 2.66. The lowest BCUT2D eigenvalue weighted by Crippen LogP contribution is -2.41. The fraction of sp³-hybridized carbons (Fsp3) is 0.762. The average Bonchev–Trinajstić information content (AvgIpc) is 3.57. The summed E-state index contributed by atoms with van der Waals surface area (Å²) in [6.07, 6.45) is 8.03. The van der Waals surface area contributed by atoms with Gasteiger partial charge >= 0.3 is 0 Å². The maximum atomic E-state index is 12.2. The molecule has 1 aromatic rings. The van der Waals surface area contributed by atoms with Crippen LogP contribution in [0.25, 0.3) is 0 Å². The Bertz CT molecular complexity index is 662. The summed E-state index contributed by atoms with van der Waals surface area (Å²) in [6.45, 7) is 7.18. The minimum absolute atomic E-state index is 0.174. The number of nitrogens with zero attached hydrogens (tertiary/aromatic N) is 4. The SMILES string of the molecule is O=C(CCC1CCCN(c2cc(NC3CC3)ncn2)C1)NCCN1CCOCC1. The van der Waals surface area contributed by atoms with Crippen LogP contribution in [-0.4, -0.2) is 79.3 Å². The van der Waals surface area contributed by atoms with Gasteiger partial charge in [0.25, 0.3) is 0 Å². The summed E-state index contributed by atoms with van der Waals surface area (Å²) in [7, 11) is 0. The van der Waals surface area contributed by atoms with E-state index in [4.69, 9.17) is 4.74 Å². The normalized spacial score (nSPS) is 23.0. The van der Waals surface area contributed by atoms with Crippen LogP contribution >= 0.6 is 0 Å². The number of carbonyl (C=O) groups excluding carboxylic acids is 1. The first-order valence-corrected chi connectivity index (χ1v) is 11.2. The molecule has 3 fully saturated rings. The van der Waals surface area contributed by atoms with E-state index < -0.39 is 0 Å². The van der Waals surface area contributed by atoms with Gasteiger partial charge in [0.1, 0.15) is 18.0 Å². The lowest BCUT2D eigenvalue weighted by molar-refractivity contribution is -0.121. The fourth-order valence-corrected chi connectivity index (χ4v) is 4.15. The van der Waals surface area contributed by atoms with Crippen LogP contribution < -0.4 is 15.5 Å². The molecular formula is C21H34N6O2. The van der Waals surface area contributed by atoms with Gasteiger partial charge in [-0.2, -0.15) is 0 Å². The first-order valence-electron chi connectivity index (χ1n) is 11.2. The van der Waals surface area contributed by atoms with Gasteiger partial charge in [0.15, 0.2) is 0 Å². The van der Waals surface area contributed by atoms with E-state index in [2.05, 4.69) is 36.5 Å². The molecule has 2 saturated heterocycles. The summed E-state index contributed by atoms with van der Waals surface area (Å²) in [5, 5.41) is 6.53. The molecule has 0 spiro atoms. The summed E-state index contributed by atoms with van der Waals surface area (Å²) >= 11 is 0. The van der Waals surface area contributed by atoms with E-state index >= 15 is 0 Å². The summed E-state index contributed by atoms with van der Waals surface area (Å²) in [4.78, 5) is 25.8. The number of carbonyl (C=O) groups is 1. The molecule has 0 radical (unpaired) electrons. The summed E-state index contributed by atoms with van der Waals surface area (Å²) < 4.78 is 5.36. The number of hydrogen-bond donors (Lipinski definition) is 2. The Morgan fingerprint density at radius 2 is 2.03 bits per heavy atom. The molecule has 3 heterocycles. The molecule has 1 atom stereocenters. The zero-order valence-corrected chi connectivity index (χ0v) is 17.3. The molecule has 1 aliphatic carbocycles. The lowest BCUT2D eigenvalue weighted by atomic mass is 9.93. The Hall–Kier alpha value is -1.93. The minimum atomic E-state index is 0.174. The monoisotopic (exact) mass is 402 g/mol. The van der Waals surface area contributed by atoms with Gasteiger partial charge in [-0.05, 0) is 38.0 Å². The molecular weight excluding hydrogens is 368 g/mol. The van der Waals surface area contributed by atoms with E-state index in [9.17, 15) is 4.79 Å². The molecule has 8 nitrogen and oxygen atoms in total. The quantitative estimate of drug-likeness (QED) is 0.648. The maximum absolute atomic E-state index is 12.2. The zero-order valence-electron chi connectivity index (χ0n) is 17.3. The van der Waals surface area contributed by atoms with Gasteiger partial charge < -0.3 is 20.3 Å². The third kappa shape index (κ3) is 6.54. The Morgan fingerprint density at radius 3 is 2.86 bits per heavy atom. The van der Waals surface area contributed by atoms with Crippen molar-refractivity contribution in [2.75, 3.05) is 62.7 Å². The van der Waals surface area contributed by atoms with Gasteiger partial charge in [0.05, 0.1) is 13.2 Å². The van der Waals surface area contributed by atoms with Crippen LogP contribution in [0.15, 0.2) is 12.4 Å². The number of amides is 1. The average molecular weight is 403 g/mol. The molecule has 8 heteroatoms. The van der Waals surface area contributed by atoms with Gasteiger partial charge in [-0.15, -0.1) is 0 Å². The van der Waals surface area contributed by atoms with Gasteiger partial charge in [-0.25, -0.2) is 9.97 Å². The highest BCUT2D eigenvalue weighted by molar-refractivity contribution is 5.75. The van der Waals surface area contributed by atoms with E-state index in [0.29, 0.717) is 18.4 Å². The number of rotatable bonds is 9. The zero-order chi connectivity index (χ0) is 19.9. The number of ether oxygens (including phenoxy) is 1. The van der Waals surface area contributed by atoms with Crippen molar-refractivity contribution < 1.29 is 9.53 Å². The fourth-order valence-electron chi connectivity index (χ4n) is 4.15. The number of piperidine rings is 1. The molecule has 0 aromatic carbocycles. The van der Waals surface area contributed by atoms with E-state index in [1.165, 1.54) is 19.3 Å². The third-order valence-corrected chi connectivity index (χ3v) is 6.06. The van der Waals surface area contributed by atoms with Gasteiger partial charge in [0.2, 0.25) is 5.91 Å². The van der Waals surface area contributed by atoms with Crippen LogP contribution in [0, 0.1) is 5.92 Å². The van der Waals surface area contributed by atoms with Crippen molar-refractivity contribution in [3.05, 3.63) is 12.4 Å². The molecule has 1 aromatic heterocycles. The largest absolute Gasteiger partial charge is 0.379 e. The van der Waals surface area contributed by atoms with Crippen LogP contribution in [0.2, 0.25) is 0 Å². The van der Waals surface area contributed by atoms with Crippen molar-refractivity contribution in [3.63, 3.8) is 0 Å². The molecule has 2 N–H and O–H groups in total. The van der Waals surface area contributed by atoms with Crippen molar-refractivity contribution in [2.45, 2.75) is 44.6 Å². The summed E-state index contributed by atoms with van der Waals surface area (Å²) in [5.74, 6) is 2.65. The van der Waals surface area contributed by atoms with Crippen molar-refractivity contribution in [2.24, 2.45) is 5.92 Å². The van der Waals surface area contributed by atoms with E-state index in [1.54, 1.807) is 6.33 Å². The molecule has 4 rings (SSSR count). The molecule has 160 valence electrons. The molecule has 0 bridgehead atoms. The summed E-state index contributed by atoms with van der Waals surface area (Å²) in [5.41, 5.74) is 0. The van der Waals surface area contributed by atoms with E-state index in [1.807, 2.05) is 0 Å². The molecule has 2 aliphatic heterocycles. The molecule has 1 unspecified atom stereocenters. The highest BCUT2D eigenvalue weighted by Crippen LogP contribution is 2.27. The van der Waals surface area contributed by atoms with Crippen LogP contribution in [0.3, 0.4) is 0 Å². The highest BCUT2D eigenvalue weighted by atomic mass is 16.5. The number of hydrogen-bond acceptors (Lipinski definition) is 7. The van der Waals surface area contributed by atoms with Gasteiger partial charge in [0, 0.05) is 57.8 Å². The van der Waals surface area contributed by atoms with Crippen molar-refractivity contribution in [3.8, 4) is 0 Å². The van der Waals surface area contributed by atoms with E-state index in [-0.39, 0.29) is 5.91 Å². The van der Waals surface area contributed by atoms with Crippen molar-refractivity contribution in [1.29, 1.82) is 0 Å². The number of anilines is 2. The second-order valence-corrected chi connectivity index (χ2v) is 8.48. The minimum Gasteiger partial charge on any atom is -0.379 e. The highest BCUT2D eigenvalue weighted by Gasteiger charge is 2.24. The maximum Gasteiger partial charge on any atom is 0.220 e. The third-order valence-electron chi connectivity index (χ3n) is 6.06. The topological polar surface area (TPSA) is 82.6 Å². The second-order valence-electron chi connectivity index (χ2n) is 8.48. The van der Waals surface area contributed by atoms with Crippen molar-refractivity contribution >= 4 is 17.5 Å². The van der Waals surface area contributed by atoms with E-state index in [0.717, 1.165) is 77.0 Å². The van der Waals surface area contributed by atoms with Crippen LogP contribution in [0.4, 0.5) is 11.6 Å². The Kier molecular flexibility index (Phi) is 7.16. The predicted molar refractivity (Wildman–Crippen MR) is 113 cm³/mol. The second kappa shape index (κ2) is 10.2. The Morgan fingerprint density at radius 1 is 1.17 bits per heavy atom. The number of aromatic nitrogens is 2. The number of morpholine rings is 1. The molecule has 1 amide bonds. The Balaban J connectivity index is 1.17. The molecule has 1 saturated carbocycles. The molecule has 3 aliphatic rings. The van der Waals surface area contributed by atoms with Crippen LogP contribution in [-0.2, 0) is 9.53 Å². The van der Waals surface area contributed by atoms with Gasteiger partial charge in [-0.3, -0.25) is 9.69 Å². The predicted octanol–water partition coefficient (Wildman–Crippen LogP) is 1.50. The lowest BCUT2D eigenvalue weighted by Gasteiger charge is -2.33. The number of nitrogens with one attached hydrogen (secondary N) is 2. The first kappa shape index (κ1) is 20.3. The first-order chi connectivity index (χ1) is 14.3. The van der Waals surface area contributed by atoms with Crippen LogP contribution in [0.1, 0.15) is 38.5 Å². The van der Waals surface area contributed by atoms with Crippen LogP contribution in [0.5, 0.6) is 0 Å². The standard InChI is InChI=1S/C21H34N6O2/c28-21(22-7-9-26-10-12-29-13-11-26)6-3-17-2-1-8-27(15-17)20-14-19(23-16-24-20)25-18-4-5-18/h14,16-18H,1-13,15H2,(H,22,28)(H,23,24,25). The smallest absolute Gasteiger partial charge is 0.220 e.